The van der Waals surface area contributed by atoms with Gasteiger partial charge in [0.1, 0.15) is 5.52 Å². The van der Waals surface area contributed by atoms with Gasteiger partial charge in [0.15, 0.2) is 11.5 Å². The Balaban J connectivity index is 0.00000187. The highest BCUT2D eigenvalue weighted by Crippen LogP contribution is 2.18. The van der Waals surface area contributed by atoms with Gasteiger partial charge in [-0.25, -0.2) is 22.9 Å². The fourth-order valence-corrected chi connectivity index (χ4v) is 3.68. The molecule has 1 aromatic carbocycles. The molecule has 4 N–H and O–H groups in total. The summed E-state index contributed by atoms with van der Waals surface area (Å²) in [6.45, 7) is 5.08. The third kappa shape index (κ3) is 7.27. The number of hydrogen-bond donors (Lipinski definition) is 3. The number of nitrogens with one attached hydrogen (secondary N) is 2. The van der Waals surface area contributed by atoms with Crippen molar-refractivity contribution >= 4 is 44.7 Å². The predicted molar refractivity (Wildman–Crippen MR) is 126 cm³/mol. The lowest BCUT2D eigenvalue weighted by molar-refractivity contribution is 0.143. The number of anilines is 1. The van der Waals surface area contributed by atoms with E-state index < -0.39 is 16.1 Å². The molecular weight excluding hydrogens is 470 g/mol. The van der Waals surface area contributed by atoms with Crippen LogP contribution >= 0.6 is 11.6 Å². The van der Waals surface area contributed by atoms with Crippen molar-refractivity contribution in [2.24, 2.45) is 0 Å². The van der Waals surface area contributed by atoms with Crippen molar-refractivity contribution in [3.63, 3.8) is 0 Å². The Labute approximate surface area is 197 Å². The second-order valence-electron chi connectivity index (χ2n) is 6.54. The second-order valence-corrected chi connectivity index (χ2v) is 8.76. The molecule has 0 aliphatic rings. The smallest absolute Gasteiger partial charge is 0.407 e. The van der Waals surface area contributed by atoms with E-state index in [2.05, 4.69) is 25.0 Å². The van der Waals surface area contributed by atoms with E-state index in [0.717, 1.165) is 12.0 Å². The number of carbonyl (C=O) groups is 1. The van der Waals surface area contributed by atoms with E-state index in [1.807, 2.05) is 18.4 Å². The van der Waals surface area contributed by atoms with E-state index in [1.54, 1.807) is 18.5 Å². The molecule has 0 radical (unpaired) electrons. The summed E-state index contributed by atoms with van der Waals surface area (Å²) in [4.78, 5) is 24.2. The van der Waals surface area contributed by atoms with E-state index in [9.17, 15) is 13.2 Å². The number of ether oxygens (including phenoxy) is 1. The van der Waals surface area contributed by atoms with Crippen LogP contribution in [0.3, 0.4) is 0 Å². The average Bonchev–Trinajstić information content (AvgIpc) is 3.22. The molecule has 0 aliphatic heterocycles. The molecule has 180 valence electrons. The Kier molecular flexibility index (Phi) is 9.82. The van der Waals surface area contributed by atoms with Crippen LogP contribution in [-0.2, 0) is 27.8 Å². The highest BCUT2D eigenvalue weighted by Gasteiger charge is 2.11. The maximum atomic E-state index is 11.8. The molecule has 33 heavy (non-hydrogen) atoms. The maximum Gasteiger partial charge on any atom is 0.407 e. The minimum Gasteiger partial charge on any atom is -0.450 e. The normalized spacial score (nSPS) is 11.0. The maximum absolute atomic E-state index is 11.8. The van der Waals surface area contributed by atoms with E-state index in [0.29, 0.717) is 24.1 Å². The van der Waals surface area contributed by atoms with E-state index >= 15 is 0 Å². The average molecular weight is 498 g/mol. The van der Waals surface area contributed by atoms with Crippen LogP contribution in [-0.4, -0.2) is 47.7 Å². The van der Waals surface area contributed by atoms with Crippen LogP contribution in [0.25, 0.3) is 11.2 Å². The van der Waals surface area contributed by atoms with Crippen molar-refractivity contribution in [1.29, 1.82) is 0 Å². The molecule has 11 nitrogen and oxygen atoms in total. The zero-order valence-electron chi connectivity index (χ0n) is 18.7. The molecule has 0 saturated carbocycles. The van der Waals surface area contributed by atoms with Crippen LogP contribution in [0.2, 0.25) is 5.28 Å². The number of aromatic nitrogens is 4. The van der Waals surface area contributed by atoms with Gasteiger partial charge in [-0.05, 0) is 49.2 Å². The van der Waals surface area contributed by atoms with Crippen LogP contribution in [0.1, 0.15) is 32.3 Å². The Morgan fingerprint density at radius 3 is 2.55 bits per heavy atom. The number of fused-ring (bicyclic) bond motifs is 1. The summed E-state index contributed by atoms with van der Waals surface area (Å²) < 4.78 is 32.6. The minimum atomic E-state index is -3.48. The number of nitrogens with zero attached hydrogens (tertiary/aromatic N) is 4. The number of sulfonamides is 1. The first-order chi connectivity index (χ1) is 15.8. The van der Waals surface area contributed by atoms with Gasteiger partial charge >= 0.3 is 6.09 Å². The first-order valence-electron chi connectivity index (χ1n) is 10.4. The standard InChI is InChI=1S/C18H22ClN7O4S.C2H6/c1-21-31(28,29)13-6-4-12(5-7-13)10-22-18(27)30-9-3-2-8-26-11-23-14-15(20)24-17(19)25-16(14)26;1-2/h4-7,11,21H,2-3,8-10H2,1H3,(H,22,27)(H2,20,24,25);1-2H3. The van der Waals surface area contributed by atoms with Crippen LogP contribution in [0.4, 0.5) is 10.6 Å². The molecule has 3 aromatic rings. The predicted octanol–water partition coefficient (Wildman–Crippen LogP) is 2.70. The third-order valence-electron chi connectivity index (χ3n) is 4.43. The fourth-order valence-electron chi connectivity index (χ4n) is 2.78. The Bertz CT molecular complexity index is 1170. The van der Waals surface area contributed by atoms with Gasteiger partial charge in [-0.15, -0.1) is 0 Å². The number of halogens is 1. The molecule has 0 spiro atoms. The van der Waals surface area contributed by atoms with Crippen molar-refractivity contribution in [2.75, 3.05) is 19.4 Å². The number of rotatable bonds is 9. The van der Waals surface area contributed by atoms with E-state index in [1.165, 1.54) is 19.2 Å². The number of aryl methyl sites for hydroxylation is 1. The molecule has 0 unspecified atom stereocenters. The lowest BCUT2D eigenvalue weighted by atomic mass is 10.2. The topological polar surface area (TPSA) is 154 Å². The number of nitrogens with two attached hydrogens (primary N) is 1. The molecule has 0 aliphatic carbocycles. The molecule has 3 rings (SSSR count). The molecular formula is C20H28ClN7O4S. The third-order valence-corrected chi connectivity index (χ3v) is 6.03. The lowest BCUT2D eigenvalue weighted by Gasteiger charge is -2.08. The van der Waals surface area contributed by atoms with Crippen molar-refractivity contribution in [1.82, 2.24) is 29.6 Å². The molecule has 2 aromatic heterocycles. The molecule has 0 fully saturated rings. The van der Waals surface area contributed by atoms with E-state index in [4.69, 9.17) is 22.1 Å². The van der Waals surface area contributed by atoms with Gasteiger partial charge in [0.05, 0.1) is 17.8 Å². The highest BCUT2D eigenvalue weighted by molar-refractivity contribution is 7.89. The van der Waals surface area contributed by atoms with Crippen LogP contribution < -0.4 is 15.8 Å². The summed E-state index contributed by atoms with van der Waals surface area (Å²) in [5.74, 6) is 0.229. The molecule has 13 heteroatoms. The second kappa shape index (κ2) is 12.3. The fraction of sp³-hybridized carbons (Fsp3) is 0.400. The molecule has 2 heterocycles. The zero-order chi connectivity index (χ0) is 24.4. The van der Waals surface area contributed by atoms with Crippen LogP contribution in [0.5, 0.6) is 0 Å². The minimum absolute atomic E-state index is 0.0602. The zero-order valence-corrected chi connectivity index (χ0v) is 20.3. The Morgan fingerprint density at radius 1 is 1.18 bits per heavy atom. The summed E-state index contributed by atoms with van der Waals surface area (Å²) in [7, 11) is -2.14. The van der Waals surface area contributed by atoms with E-state index in [-0.39, 0.29) is 29.1 Å². The molecule has 0 atom stereocenters. The molecule has 1 amide bonds. The number of imidazole rings is 1. The summed E-state index contributed by atoms with van der Waals surface area (Å²) >= 11 is 5.84. The SMILES string of the molecule is CC.CNS(=O)(=O)c1ccc(CNC(=O)OCCCCn2cnc3c(N)nc(Cl)nc32)cc1. The number of nitrogen functional groups attached to an aromatic ring is 1. The summed E-state index contributed by atoms with van der Waals surface area (Å²) in [6.07, 6.45) is 2.43. The Hall–Kier alpha value is -2.96. The van der Waals surface area contributed by atoms with Crippen molar-refractivity contribution in [3.05, 3.63) is 41.4 Å². The largest absolute Gasteiger partial charge is 0.450 e. The highest BCUT2D eigenvalue weighted by atomic mass is 35.5. The number of carbonyl (C=O) groups excluding carboxylic acids is 1. The lowest BCUT2D eigenvalue weighted by Crippen LogP contribution is -2.24. The van der Waals surface area contributed by atoms with Gasteiger partial charge in [-0.3, -0.25) is 0 Å². The summed E-state index contributed by atoms with van der Waals surface area (Å²) in [6, 6.07) is 6.20. The van der Waals surface area contributed by atoms with Crippen molar-refractivity contribution < 1.29 is 17.9 Å². The van der Waals surface area contributed by atoms with Crippen LogP contribution in [0, 0.1) is 0 Å². The molecule has 0 saturated heterocycles. The first-order valence-corrected chi connectivity index (χ1v) is 12.2. The van der Waals surface area contributed by atoms with Gasteiger partial charge in [-0.2, -0.15) is 9.97 Å². The van der Waals surface area contributed by atoms with Crippen LogP contribution in [0.15, 0.2) is 35.5 Å². The number of hydrogen-bond acceptors (Lipinski definition) is 8. The van der Waals surface area contributed by atoms with Gasteiger partial charge in [-0.1, -0.05) is 26.0 Å². The number of unbranched alkanes of at least 4 members (excludes halogenated alkanes) is 1. The van der Waals surface area contributed by atoms with Crippen molar-refractivity contribution in [2.45, 2.75) is 44.7 Å². The Morgan fingerprint density at radius 2 is 1.88 bits per heavy atom. The van der Waals surface area contributed by atoms with Crippen molar-refractivity contribution in [3.8, 4) is 0 Å². The van der Waals surface area contributed by atoms with Gasteiger partial charge in [0.25, 0.3) is 0 Å². The summed E-state index contributed by atoms with van der Waals surface area (Å²) in [5.41, 5.74) is 7.58. The number of benzene rings is 1. The number of amides is 1. The molecule has 0 bridgehead atoms. The number of alkyl carbamates (subject to hydrolysis) is 1. The summed E-state index contributed by atoms with van der Waals surface area (Å²) in [5, 5.41) is 2.69. The first kappa shape index (κ1) is 26.3. The van der Waals surface area contributed by atoms with Gasteiger partial charge in [0, 0.05) is 13.1 Å². The van der Waals surface area contributed by atoms with Gasteiger partial charge < -0.3 is 20.4 Å². The monoisotopic (exact) mass is 497 g/mol. The van der Waals surface area contributed by atoms with Gasteiger partial charge in [0.2, 0.25) is 15.3 Å². The quantitative estimate of drug-likeness (QED) is 0.301.